The Labute approximate surface area is 101 Å². The Kier molecular flexibility index (Phi) is 2.92. The molecule has 0 aliphatic heterocycles. The smallest absolute Gasteiger partial charge is 0.345 e. The van der Waals surface area contributed by atoms with Gasteiger partial charge in [-0.2, -0.15) is 0 Å². The van der Waals surface area contributed by atoms with Gasteiger partial charge in [-0.3, -0.25) is 0 Å². The van der Waals surface area contributed by atoms with Gasteiger partial charge in [0.1, 0.15) is 11.0 Å². The predicted octanol–water partition coefficient (Wildman–Crippen LogP) is -0.260. The van der Waals surface area contributed by atoms with Gasteiger partial charge in [0, 0.05) is 0 Å². The predicted molar refractivity (Wildman–Crippen MR) is 67.0 cm³/mol. The zero-order chi connectivity index (χ0) is 12.4. The van der Waals surface area contributed by atoms with Crippen LogP contribution >= 0.6 is 12.2 Å². The van der Waals surface area contributed by atoms with Gasteiger partial charge in [0.25, 0.3) is 0 Å². The lowest BCUT2D eigenvalue weighted by molar-refractivity contribution is 0.681. The van der Waals surface area contributed by atoms with Crippen molar-refractivity contribution < 1.29 is 0 Å². The Hall–Kier alpha value is -2.15. The van der Waals surface area contributed by atoms with Gasteiger partial charge in [-0.1, -0.05) is 42.5 Å². The molecule has 0 aliphatic rings. The van der Waals surface area contributed by atoms with Crippen LogP contribution in [0, 0.1) is 0 Å². The van der Waals surface area contributed by atoms with E-state index in [1.165, 1.54) is 0 Å². The topological polar surface area (TPSA) is 96.7 Å². The summed E-state index contributed by atoms with van der Waals surface area (Å²) in [5, 5.41) is 4.39. The van der Waals surface area contributed by atoms with Crippen molar-refractivity contribution in [3.05, 3.63) is 56.9 Å². The second-order valence-electron chi connectivity index (χ2n) is 3.45. The van der Waals surface area contributed by atoms with Crippen LogP contribution in [-0.2, 0) is 0 Å². The molecule has 0 bridgehead atoms. The maximum Gasteiger partial charge on any atom is 0.345 e. The van der Waals surface area contributed by atoms with E-state index in [2.05, 4.69) is 10.2 Å². The van der Waals surface area contributed by atoms with E-state index in [0.717, 1.165) is 4.57 Å². The largest absolute Gasteiger partial charge is 0.391 e. The summed E-state index contributed by atoms with van der Waals surface area (Å²) in [6, 6.07) is 8.16. The van der Waals surface area contributed by atoms with E-state index in [9.17, 15) is 9.59 Å². The van der Waals surface area contributed by atoms with Crippen molar-refractivity contribution in [1.29, 1.82) is 0 Å². The molecule has 0 fully saturated rings. The molecule has 1 aromatic heterocycles. The first-order chi connectivity index (χ1) is 8.11. The van der Waals surface area contributed by atoms with Gasteiger partial charge in [-0.15, -0.1) is 0 Å². The summed E-state index contributed by atoms with van der Waals surface area (Å²) < 4.78 is 0.956. The van der Waals surface area contributed by atoms with Crippen LogP contribution < -0.4 is 17.1 Å². The lowest BCUT2D eigenvalue weighted by atomic mass is 10.1. The van der Waals surface area contributed by atoms with Crippen LogP contribution in [0.25, 0.3) is 0 Å². The van der Waals surface area contributed by atoms with Gasteiger partial charge in [0.2, 0.25) is 0 Å². The molecule has 6 nitrogen and oxygen atoms in total. The van der Waals surface area contributed by atoms with E-state index in [0.29, 0.717) is 5.56 Å². The van der Waals surface area contributed by atoms with Crippen LogP contribution in [0.1, 0.15) is 11.6 Å². The molecule has 0 saturated carbocycles. The Balaban J connectivity index is 2.63. The molecular weight excluding hydrogens is 240 g/mol. The summed E-state index contributed by atoms with van der Waals surface area (Å²) in [5.74, 6) is 0. The van der Waals surface area contributed by atoms with Crippen LogP contribution in [0.2, 0.25) is 0 Å². The summed E-state index contributed by atoms with van der Waals surface area (Å²) in [4.78, 5) is 23.1. The van der Waals surface area contributed by atoms with Gasteiger partial charge in [-0.05, 0) is 5.56 Å². The second-order valence-corrected chi connectivity index (χ2v) is 3.92. The second kappa shape index (κ2) is 4.38. The fourth-order valence-corrected chi connectivity index (χ4v) is 1.87. The molecule has 2 aromatic rings. The number of nitrogens with one attached hydrogen (secondary N) is 2. The van der Waals surface area contributed by atoms with Crippen molar-refractivity contribution in [3.63, 3.8) is 0 Å². The van der Waals surface area contributed by atoms with Crippen molar-refractivity contribution in [3.8, 4) is 0 Å². The van der Waals surface area contributed by atoms with Crippen LogP contribution in [0.4, 0.5) is 0 Å². The Morgan fingerprint density at radius 1 is 1.18 bits per heavy atom. The molecule has 1 heterocycles. The minimum atomic E-state index is -0.742. The van der Waals surface area contributed by atoms with Crippen LogP contribution in [0.5, 0.6) is 0 Å². The first kappa shape index (κ1) is 11.3. The third-order valence-electron chi connectivity index (χ3n) is 2.36. The summed E-state index contributed by atoms with van der Waals surface area (Å²) in [6.45, 7) is 0. The monoisotopic (exact) mass is 250 g/mol. The zero-order valence-electron chi connectivity index (χ0n) is 8.71. The molecule has 0 aliphatic carbocycles. The number of nitrogens with zero attached hydrogens (tertiary/aromatic N) is 1. The van der Waals surface area contributed by atoms with E-state index in [-0.39, 0.29) is 4.99 Å². The molecule has 0 saturated heterocycles. The molecule has 0 spiro atoms. The number of hydrogen-bond acceptors (Lipinski definition) is 3. The highest BCUT2D eigenvalue weighted by molar-refractivity contribution is 7.80. The fraction of sp³-hybridized carbons (Fsp3) is 0.100. The Morgan fingerprint density at radius 2 is 1.71 bits per heavy atom. The number of aromatic amines is 2. The SMILES string of the molecule is NC(=S)C(c1ccccc1)n1c(=O)[nH][nH]c1=O. The number of nitrogens with two attached hydrogens (primary N) is 1. The highest BCUT2D eigenvalue weighted by Gasteiger charge is 2.21. The molecular formula is C10H10N4O2S. The number of hydrogen-bond donors (Lipinski definition) is 3. The number of thiocarbonyl (C=S) groups is 1. The van der Waals surface area contributed by atoms with Crippen LogP contribution in [-0.4, -0.2) is 19.8 Å². The van der Waals surface area contributed by atoms with Crippen LogP contribution in [0.3, 0.4) is 0 Å². The summed E-state index contributed by atoms with van der Waals surface area (Å²) >= 11 is 4.92. The minimum Gasteiger partial charge on any atom is -0.391 e. The molecule has 4 N–H and O–H groups in total. The molecule has 88 valence electrons. The van der Waals surface area contributed by atoms with Gasteiger partial charge >= 0.3 is 11.4 Å². The standard InChI is InChI=1S/C10H10N4O2S/c11-8(17)7(6-4-2-1-3-5-6)14-9(15)12-13-10(14)16/h1-5,7H,(H2,11,17)(H,12,15)(H,13,16). The Morgan fingerprint density at radius 3 is 2.18 bits per heavy atom. The normalized spacial score (nSPS) is 12.2. The number of benzene rings is 1. The van der Waals surface area contributed by atoms with E-state index in [1.807, 2.05) is 6.07 Å². The number of H-pyrrole nitrogens is 2. The molecule has 1 aromatic carbocycles. The lowest BCUT2D eigenvalue weighted by Gasteiger charge is -2.14. The highest BCUT2D eigenvalue weighted by atomic mass is 32.1. The average molecular weight is 250 g/mol. The fourth-order valence-electron chi connectivity index (χ4n) is 1.63. The maximum atomic E-state index is 11.5. The van der Waals surface area contributed by atoms with Crippen molar-refractivity contribution in [2.45, 2.75) is 6.04 Å². The van der Waals surface area contributed by atoms with Crippen molar-refractivity contribution >= 4 is 17.2 Å². The Bertz CT molecular complexity index is 613. The van der Waals surface area contributed by atoms with Crippen molar-refractivity contribution in [2.24, 2.45) is 5.73 Å². The van der Waals surface area contributed by atoms with E-state index >= 15 is 0 Å². The van der Waals surface area contributed by atoms with Gasteiger partial charge < -0.3 is 5.73 Å². The first-order valence-corrected chi connectivity index (χ1v) is 5.25. The summed E-state index contributed by atoms with van der Waals surface area (Å²) in [5.41, 5.74) is 5.14. The number of rotatable bonds is 3. The zero-order valence-corrected chi connectivity index (χ0v) is 9.53. The molecule has 2 rings (SSSR count). The molecule has 17 heavy (non-hydrogen) atoms. The van der Waals surface area contributed by atoms with Crippen molar-refractivity contribution in [1.82, 2.24) is 14.8 Å². The average Bonchev–Trinajstić information content (AvgIpc) is 2.62. The molecule has 7 heteroatoms. The quantitative estimate of drug-likeness (QED) is 0.654. The van der Waals surface area contributed by atoms with Gasteiger partial charge in [-0.25, -0.2) is 24.4 Å². The van der Waals surface area contributed by atoms with Gasteiger partial charge in [0.05, 0.1) is 0 Å². The third-order valence-corrected chi connectivity index (χ3v) is 2.58. The van der Waals surface area contributed by atoms with Gasteiger partial charge in [0.15, 0.2) is 0 Å². The minimum absolute atomic E-state index is 0.0587. The molecule has 0 amide bonds. The summed E-state index contributed by atoms with van der Waals surface area (Å²) in [7, 11) is 0. The summed E-state index contributed by atoms with van der Waals surface area (Å²) in [6.07, 6.45) is 0. The first-order valence-electron chi connectivity index (χ1n) is 4.84. The molecule has 1 atom stereocenters. The maximum absolute atomic E-state index is 11.5. The number of aromatic nitrogens is 3. The third kappa shape index (κ3) is 2.04. The lowest BCUT2D eigenvalue weighted by Crippen LogP contribution is -2.38. The van der Waals surface area contributed by atoms with E-state index in [4.69, 9.17) is 18.0 Å². The van der Waals surface area contributed by atoms with Crippen LogP contribution in [0.15, 0.2) is 39.9 Å². The van der Waals surface area contributed by atoms with E-state index < -0.39 is 17.4 Å². The molecule has 1 unspecified atom stereocenters. The van der Waals surface area contributed by atoms with E-state index in [1.54, 1.807) is 24.3 Å². The highest BCUT2D eigenvalue weighted by Crippen LogP contribution is 2.14. The van der Waals surface area contributed by atoms with Crippen molar-refractivity contribution in [2.75, 3.05) is 0 Å². The molecule has 0 radical (unpaired) electrons.